The highest BCUT2D eigenvalue weighted by atomic mass is 19.1. The number of anilines is 1. The predicted molar refractivity (Wildman–Crippen MR) is 120 cm³/mol. The number of rotatable bonds is 9. The zero-order valence-corrected chi connectivity index (χ0v) is 18.3. The Morgan fingerprint density at radius 1 is 1.09 bits per heavy atom. The van der Waals surface area contributed by atoms with Gasteiger partial charge in [-0.15, -0.1) is 0 Å². The second-order valence-corrected chi connectivity index (χ2v) is 6.62. The number of benzene rings is 2. The van der Waals surface area contributed by atoms with Crippen molar-refractivity contribution in [3.8, 4) is 17.0 Å². The molecule has 2 aromatic carbocycles. The summed E-state index contributed by atoms with van der Waals surface area (Å²) in [5, 5.41) is 18.0. The van der Waals surface area contributed by atoms with Crippen LogP contribution in [0.15, 0.2) is 54.7 Å². The molecular weight excluding hydrogens is 433 g/mol. The highest BCUT2D eigenvalue weighted by molar-refractivity contribution is 6.27. The van der Waals surface area contributed by atoms with Gasteiger partial charge in [-0.1, -0.05) is 18.2 Å². The molecule has 0 atom stereocenters. The van der Waals surface area contributed by atoms with Gasteiger partial charge in [0.1, 0.15) is 11.6 Å². The van der Waals surface area contributed by atoms with E-state index in [4.69, 9.17) is 29.3 Å². The van der Waals surface area contributed by atoms with Crippen LogP contribution in [0.25, 0.3) is 11.3 Å². The molecule has 3 aromatic rings. The second kappa shape index (κ2) is 12.8. The number of carbonyl (C=O) groups is 2. The quantitative estimate of drug-likeness (QED) is 0.416. The van der Waals surface area contributed by atoms with E-state index in [1.165, 1.54) is 6.07 Å². The third kappa shape index (κ3) is 7.62. The minimum atomic E-state index is -1.82. The van der Waals surface area contributed by atoms with Crippen molar-refractivity contribution in [3.05, 3.63) is 66.1 Å². The SMILES string of the molecule is CCOc1ccc(-c2cnc(NCc3ccccc3F)n2CCOC)cc1.O=C(O)C(=O)O. The van der Waals surface area contributed by atoms with Gasteiger partial charge in [-0.25, -0.2) is 19.0 Å². The van der Waals surface area contributed by atoms with E-state index in [1.807, 2.05) is 48.0 Å². The van der Waals surface area contributed by atoms with Crippen molar-refractivity contribution in [3.63, 3.8) is 0 Å². The normalized spacial score (nSPS) is 10.2. The fourth-order valence-electron chi connectivity index (χ4n) is 2.86. The van der Waals surface area contributed by atoms with E-state index >= 15 is 0 Å². The van der Waals surface area contributed by atoms with Crippen LogP contribution in [0.3, 0.4) is 0 Å². The van der Waals surface area contributed by atoms with Crippen LogP contribution in [0.5, 0.6) is 5.75 Å². The molecule has 0 unspecified atom stereocenters. The lowest BCUT2D eigenvalue weighted by Crippen LogP contribution is -2.12. The summed E-state index contributed by atoms with van der Waals surface area (Å²) < 4.78 is 26.7. The maximum absolute atomic E-state index is 13.9. The Morgan fingerprint density at radius 3 is 2.33 bits per heavy atom. The Balaban J connectivity index is 0.000000569. The van der Waals surface area contributed by atoms with E-state index in [0.717, 1.165) is 17.0 Å². The third-order valence-electron chi connectivity index (χ3n) is 4.41. The van der Waals surface area contributed by atoms with Crippen molar-refractivity contribution < 1.29 is 33.7 Å². The van der Waals surface area contributed by atoms with Gasteiger partial charge in [0.05, 0.1) is 25.1 Å². The molecule has 0 aliphatic heterocycles. The zero-order valence-electron chi connectivity index (χ0n) is 18.3. The molecule has 10 heteroatoms. The number of hydrogen-bond acceptors (Lipinski definition) is 6. The van der Waals surface area contributed by atoms with Crippen LogP contribution in [0.4, 0.5) is 10.3 Å². The molecule has 0 aliphatic carbocycles. The molecule has 3 N–H and O–H groups in total. The van der Waals surface area contributed by atoms with Crippen LogP contribution in [-0.4, -0.2) is 52.0 Å². The number of carboxylic acids is 2. The summed E-state index contributed by atoms with van der Waals surface area (Å²) >= 11 is 0. The molecule has 0 bridgehead atoms. The van der Waals surface area contributed by atoms with Gasteiger partial charge in [-0.05, 0) is 37.3 Å². The van der Waals surface area contributed by atoms with Crippen LogP contribution < -0.4 is 10.1 Å². The number of nitrogens with one attached hydrogen (secondary N) is 1. The Bertz CT molecular complexity index is 1040. The number of halogens is 1. The van der Waals surface area contributed by atoms with E-state index in [2.05, 4.69) is 10.3 Å². The monoisotopic (exact) mass is 459 g/mol. The van der Waals surface area contributed by atoms with Crippen molar-refractivity contribution in [2.24, 2.45) is 0 Å². The van der Waals surface area contributed by atoms with Crippen LogP contribution in [0, 0.1) is 5.82 Å². The van der Waals surface area contributed by atoms with E-state index in [1.54, 1.807) is 19.2 Å². The molecule has 3 rings (SSSR count). The third-order valence-corrected chi connectivity index (χ3v) is 4.41. The molecule has 9 nitrogen and oxygen atoms in total. The number of methoxy groups -OCH3 is 1. The fourth-order valence-corrected chi connectivity index (χ4v) is 2.86. The van der Waals surface area contributed by atoms with Gasteiger partial charge in [0.15, 0.2) is 0 Å². The molecule has 1 aromatic heterocycles. The average Bonchev–Trinajstić information content (AvgIpc) is 3.21. The second-order valence-electron chi connectivity index (χ2n) is 6.62. The van der Waals surface area contributed by atoms with Crippen molar-refractivity contribution in [2.75, 3.05) is 25.6 Å². The first-order valence-electron chi connectivity index (χ1n) is 10.1. The minimum absolute atomic E-state index is 0.230. The molecule has 0 saturated carbocycles. The first kappa shape index (κ1) is 25.3. The number of aliphatic carboxylic acids is 2. The predicted octanol–water partition coefficient (Wildman–Crippen LogP) is 3.50. The molecule has 0 saturated heterocycles. The van der Waals surface area contributed by atoms with Gasteiger partial charge >= 0.3 is 11.9 Å². The highest BCUT2D eigenvalue weighted by Gasteiger charge is 2.12. The van der Waals surface area contributed by atoms with Crippen LogP contribution in [0.2, 0.25) is 0 Å². The summed E-state index contributed by atoms with van der Waals surface area (Å²) in [6.45, 7) is 4.14. The lowest BCUT2D eigenvalue weighted by molar-refractivity contribution is -0.159. The number of hydrogen-bond donors (Lipinski definition) is 3. The number of imidazole rings is 1. The van der Waals surface area contributed by atoms with E-state index in [9.17, 15) is 4.39 Å². The zero-order chi connectivity index (χ0) is 24.2. The molecule has 0 spiro atoms. The van der Waals surface area contributed by atoms with Crippen LogP contribution in [-0.2, 0) is 27.4 Å². The summed E-state index contributed by atoms with van der Waals surface area (Å²) in [6, 6.07) is 14.6. The smallest absolute Gasteiger partial charge is 0.414 e. The summed E-state index contributed by atoms with van der Waals surface area (Å²) in [7, 11) is 1.67. The standard InChI is InChI=1S/C21H24FN3O2.C2H2O4/c1-3-27-18-10-8-16(9-11-18)20-15-24-21(25(20)12-13-26-2)23-14-17-6-4-5-7-19(17)22;3-1(4)2(5)6/h4-11,15H,3,12-14H2,1-2H3,(H,23,24);(H,3,4)(H,5,6). The summed E-state index contributed by atoms with van der Waals surface area (Å²) in [5.74, 6) is -2.36. The molecule has 1 heterocycles. The molecule has 0 aliphatic rings. The minimum Gasteiger partial charge on any atom is -0.494 e. The molecular formula is C23H26FN3O6. The van der Waals surface area contributed by atoms with Crippen molar-refractivity contribution in [1.29, 1.82) is 0 Å². The van der Waals surface area contributed by atoms with Gasteiger partial charge in [0.25, 0.3) is 0 Å². The van der Waals surface area contributed by atoms with Gasteiger partial charge in [-0.3, -0.25) is 0 Å². The number of ether oxygens (including phenoxy) is 2. The van der Waals surface area contributed by atoms with E-state index in [0.29, 0.717) is 37.8 Å². The lowest BCUT2D eigenvalue weighted by atomic mass is 10.1. The molecule has 0 radical (unpaired) electrons. The lowest BCUT2D eigenvalue weighted by Gasteiger charge is -2.13. The Labute approximate surface area is 190 Å². The number of nitrogens with zero attached hydrogens (tertiary/aromatic N) is 2. The highest BCUT2D eigenvalue weighted by Crippen LogP contribution is 2.26. The maximum Gasteiger partial charge on any atom is 0.414 e. The van der Waals surface area contributed by atoms with Gasteiger partial charge < -0.3 is 29.6 Å². The first-order chi connectivity index (χ1) is 15.9. The Kier molecular flexibility index (Phi) is 9.84. The molecule has 176 valence electrons. The van der Waals surface area contributed by atoms with Gasteiger partial charge in [0.2, 0.25) is 5.95 Å². The van der Waals surface area contributed by atoms with E-state index < -0.39 is 11.9 Å². The number of carboxylic acid groups (broad SMARTS) is 2. The number of aromatic nitrogens is 2. The van der Waals surface area contributed by atoms with Crippen molar-refractivity contribution >= 4 is 17.9 Å². The first-order valence-corrected chi connectivity index (χ1v) is 10.1. The van der Waals surface area contributed by atoms with Gasteiger partial charge in [0, 0.05) is 31.3 Å². The van der Waals surface area contributed by atoms with Crippen LogP contribution in [0.1, 0.15) is 12.5 Å². The van der Waals surface area contributed by atoms with Crippen molar-refractivity contribution in [1.82, 2.24) is 9.55 Å². The largest absolute Gasteiger partial charge is 0.494 e. The Morgan fingerprint density at radius 2 is 1.76 bits per heavy atom. The Hall–Kier alpha value is -3.92. The summed E-state index contributed by atoms with van der Waals surface area (Å²) in [6.07, 6.45) is 1.81. The fraction of sp³-hybridized carbons (Fsp3) is 0.261. The molecule has 0 fully saturated rings. The van der Waals surface area contributed by atoms with Crippen molar-refractivity contribution in [2.45, 2.75) is 20.0 Å². The van der Waals surface area contributed by atoms with Crippen LogP contribution >= 0.6 is 0 Å². The molecule has 33 heavy (non-hydrogen) atoms. The maximum atomic E-state index is 13.9. The molecule has 0 amide bonds. The topological polar surface area (TPSA) is 123 Å². The average molecular weight is 459 g/mol. The van der Waals surface area contributed by atoms with Gasteiger partial charge in [-0.2, -0.15) is 0 Å². The summed E-state index contributed by atoms with van der Waals surface area (Å²) in [4.78, 5) is 22.7. The summed E-state index contributed by atoms with van der Waals surface area (Å²) in [5.41, 5.74) is 2.59. The van der Waals surface area contributed by atoms with E-state index in [-0.39, 0.29) is 5.82 Å².